The van der Waals surface area contributed by atoms with Crippen LogP contribution in [-0.4, -0.2) is 11.2 Å². The van der Waals surface area contributed by atoms with Gasteiger partial charge in [-0.05, 0) is 17.5 Å². The predicted molar refractivity (Wildman–Crippen MR) is 68.8 cm³/mol. The van der Waals surface area contributed by atoms with Crippen molar-refractivity contribution >= 4 is 23.2 Å². The Morgan fingerprint density at radius 3 is 2.18 bits per heavy atom. The van der Waals surface area contributed by atoms with Crippen LogP contribution in [-0.2, 0) is 0 Å². The highest BCUT2D eigenvalue weighted by molar-refractivity contribution is 6.33. The SMILES string of the molecule is CC(C)(C)[C@H](O)[C@H](N)c1c(Cl)ccc(Cl)c1F. The van der Waals surface area contributed by atoms with Crippen LogP contribution in [0.3, 0.4) is 0 Å². The number of rotatable bonds is 2. The van der Waals surface area contributed by atoms with Gasteiger partial charge in [0, 0.05) is 10.6 Å². The average Bonchev–Trinajstić information content (AvgIpc) is 2.21. The molecule has 0 aliphatic rings. The van der Waals surface area contributed by atoms with Crippen molar-refractivity contribution < 1.29 is 9.50 Å². The number of aliphatic hydroxyl groups is 1. The molecule has 0 saturated carbocycles. The summed E-state index contributed by atoms with van der Waals surface area (Å²) in [6, 6.07) is 1.91. The Morgan fingerprint density at radius 1 is 1.24 bits per heavy atom. The van der Waals surface area contributed by atoms with Gasteiger partial charge in [0.15, 0.2) is 0 Å². The van der Waals surface area contributed by atoms with Crippen LogP contribution in [0.1, 0.15) is 32.4 Å². The van der Waals surface area contributed by atoms with Crippen molar-refractivity contribution in [3.63, 3.8) is 0 Å². The summed E-state index contributed by atoms with van der Waals surface area (Å²) in [6.07, 6.45) is -0.923. The van der Waals surface area contributed by atoms with Gasteiger partial charge in [-0.15, -0.1) is 0 Å². The van der Waals surface area contributed by atoms with Gasteiger partial charge in [0.25, 0.3) is 0 Å². The normalized spacial score (nSPS) is 15.8. The monoisotopic (exact) mass is 279 g/mol. The molecule has 0 spiro atoms. The molecule has 0 amide bonds. The largest absolute Gasteiger partial charge is 0.391 e. The van der Waals surface area contributed by atoms with E-state index in [1.807, 2.05) is 20.8 Å². The molecular weight excluding hydrogens is 264 g/mol. The molecule has 0 aliphatic carbocycles. The lowest BCUT2D eigenvalue weighted by molar-refractivity contribution is 0.0392. The molecular formula is C12H16Cl2FNO. The van der Waals surface area contributed by atoms with Crippen molar-refractivity contribution in [1.82, 2.24) is 0 Å². The fourth-order valence-electron chi connectivity index (χ4n) is 1.54. The molecule has 17 heavy (non-hydrogen) atoms. The van der Waals surface area contributed by atoms with Crippen LogP contribution < -0.4 is 5.73 Å². The van der Waals surface area contributed by atoms with Gasteiger partial charge in [-0.1, -0.05) is 44.0 Å². The van der Waals surface area contributed by atoms with Gasteiger partial charge < -0.3 is 10.8 Å². The summed E-state index contributed by atoms with van der Waals surface area (Å²) in [5.74, 6) is -0.671. The number of hydrogen-bond donors (Lipinski definition) is 2. The molecule has 0 aromatic heterocycles. The lowest BCUT2D eigenvalue weighted by Gasteiger charge is -2.31. The number of benzene rings is 1. The summed E-state index contributed by atoms with van der Waals surface area (Å²) in [7, 11) is 0. The minimum absolute atomic E-state index is 0.0547. The first-order chi connectivity index (χ1) is 7.66. The van der Waals surface area contributed by atoms with E-state index in [0.29, 0.717) is 0 Å². The standard InChI is InChI=1S/C12H16Cl2FNO/c1-12(2,3)11(17)10(16)8-6(13)4-5-7(14)9(8)15/h4-5,10-11,17H,16H2,1-3H3/t10-,11-/m1/s1. The van der Waals surface area contributed by atoms with Crippen molar-refractivity contribution in [2.24, 2.45) is 11.1 Å². The molecule has 1 aromatic carbocycles. The van der Waals surface area contributed by atoms with E-state index in [1.165, 1.54) is 12.1 Å². The first-order valence-corrected chi connectivity index (χ1v) is 5.99. The molecule has 0 bridgehead atoms. The molecule has 3 N–H and O–H groups in total. The van der Waals surface area contributed by atoms with Crippen molar-refractivity contribution in [2.75, 3.05) is 0 Å². The number of nitrogens with two attached hydrogens (primary N) is 1. The zero-order valence-electron chi connectivity index (χ0n) is 9.97. The van der Waals surface area contributed by atoms with Gasteiger partial charge in [0.05, 0.1) is 17.2 Å². The van der Waals surface area contributed by atoms with Crippen molar-refractivity contribution in [1.29, 1.82) is 0 Å². The van der Waals surface area contributed by atoms with Crippen molar-refractivity contribution in [3.05, 3.63) is 33.6 Å². The highest BCUT2D eigenvalue weighted by atomic mass is 35.5. The number of aliphatic hydroxyl groups excluding tert-OH is 1. The van der Waals surface area contributed by atoms with Crippen LogP contribution in [0.15, 0.2) is 12.1 Å². The Labute approximate surface area is 111 Å². The molecule has 0 radical (unpaired) electrons. The number of halogens is 3. The third-order valence-electron chi connectivity index (χ3n) is 2.64. The van der Waals surface area contributed by atoms with E-state index in [1.54, 1.807) is 0 Å². The van der Waals surface area contributed by atoms with E-state index in [4.69, 9.17) is 28.9 Å². The Bertz CT molecular complexity index is 418. The maximum Gasteiger partial charge on any atom is 0.148 e. The van der Waals surface area contributed by atoms with Gasteiger partial charge in [0.2, 0.25) is 0 Å². The molecule has 0 fully saturated rings. The summed E-state index contributed by atoms with van der Waals surface area (Å²) < 4.78 is 13.9. The fraction of sp³-hybridized carbons (Fsp3) is 0.500. The first kappa shape index (κ1) is 14.7. The summed E-state index contributed by atoms with van der Waals surface area (Å²) >= 11 is 11.6. The molecule has 1 aromatic rings. The van der Waals surface area contributed by atoms with Crippen LogP contribution in [0, 0.1) is 11.2 Å². The van der Waals surface area contributed by atoms with Crippen molar-refractivity contribution in [2.45, 2.75) is 32.9 Å². The van der Waals surface area contributed by atoms with Gasteiger partial charge in [-0.25, -0.2) is 4.39 Å². The molecule has 0 unspecified atom stereocenters. The molecule has 2 atom stereocenters. The minimum Gasteiger partial charge on any atom is -0.391 e. The van der Waals surface area contributed by atoms with Crippen LogP contribution in [0.5, 0.6) is 0 Å². The van der Waals surface area contributed by atoms with E-state index in [-0.39, 0.29) is 15.6 Å². The summed E-state index contributed by atoms with van der Waals surface area (Å²) in [5.41, 5.74) is 5.44. The lowest BCUT2D eigenvalue weighted by Crippen LogP contribution is -2.37. The molecule has 0 saturated heterocycles. The van der Waals surface area contributed by atoms with E-state index in [2.05, 4.69) is 0 Å². The molecule has 2 nitrogen and oxygen atoms in total. The smallest absolute Gasteiger partial charge is 0.148 e. The van der Waals surface area contributed by atoms with Crippen LogP contribution in [0.2, 0.25) is 10.0 Å². The average molecular weight is 280 g/mol. The van der Waals surface area contributed by atoms with Crippen LogP contribution in [0.25, 0.3) is 0 Å². The van der Waals surface area contributed by atoms with Gasteiger partial charge in [-0.2, -0.15) is 0 Å². The fourth-order valence-corrected chi connectivity index (χ4v) is 1.98. The third kappa shape index (κ3) is 3.10. The molecule has 5 heteroatoms. The van der Waals surface area contributed by atoms with Crippen LogP contribution >= 0.6 is 23.2 Å². The second kappa shape index (κ2) is 5.11. The van der Waals surface area contributed by atoms with Crippen LogP contribution in [0.4, 0.5) is 4.39 Å². The van der Waals surface area contributed by atoms with Gasteiger partial charge in [-0.3, -0.25) is 0 Å². The minimum atomic E-state index is -0.923. The molecule has 0 aliphatic heterocycles. The quantitative estimate of drug-likeness (QED) is 0.814. The molecule has 96 valence electrons. The summed E-state index contributed by atoms with van der Waals surface area (Å²) in [6.45, 7) is 5.44. The van der Waals surface area contributed by atoms with E-state index in [9.17, 15) is 9.50 Å². The van der Waals surface area contributed by atoms with E-state index < -0.39 is 23.4 Å². The molecule has 1 rings (SSSR count). The van der Waals surface area contributed by atoms with E-state index in [0.717, 1.165) is 0 Å². The van der Waals surface area contributed by atoms with Crippen molar-refractivity contribution in [3.8, 4) is 0 Å². The summed E-state index contributed by atoms with van der Waals surface area (Å²) in [5, 5.41) is 10.2. The predicted octanol–water partition coefficient (Wildman–Crippen LogP) is 3.54. The van der Waals surface area contributed by atoms with Gasteiger partial charge in [0.1, 0.15) is 5.82 Å². The lowest BCUT2D eigenvalue weighted by atomic mass is 9.82. The second-order valence-electron chi connectivity index (χ2n) is 5.09. The highest BCUT2D eigenvalue weighted by Crippen LogP contribution is 2.35. The number of hydrogen-bond acceptors (Lipinski definition) is 2. The maximum atomic E-state index is 13.9. The Hall–Kier alpha value is -0.350. The second-order valence-corrected chi connectivity index (χ2v) is 5.91. The van der Waals surface area contributed by atoms with E-state index >= 15 is 0 Å². The first-order valence-electron chi connectivity index (χ1n) is 5.23. The topological polar surface area (TPSA) is 46.2 Å². The Kier molecular flexibility index (Phi) is 4.42. The third-order valence-corrected chi connectivity index (χ3v) is 3.26. The highest BCUT2D eigenvalue weighted by Gasteiger charge is 2.32. The summed E-state index contributed by atoms with van der Waals surface area (Å²) in [4.78, 5) is 0. The Morgan fingerprint density at radius 2 is 1.71 bits per heavy atom. The molecule has 0 heterocycles. The van der Waals surface area contributed by atoms with Gasteiger partial charge >= 0.3 is 0 Å². The zero-order chi connectivity index (χ0) is 13.4. The maximum absolute atomic E-state index is 13.9. The Balaban J connectivity index is 3.21. The zero-order valence-corrected chi connectivity index (χ0v) is 11.5.